The van der Waals surface area contributed by atoms with E-state index in [2.05, 4.69) is 15.9 Å². The second-order valence-electron chi connectivity index (χ2n) is 10.2. The fraction of sp³-hybridized carbons (Fsp3) is 0.375. The normalized spacial score (nSPS) is 16.8. The van der Waals surface area contributed by atoms with Crippen LogP contribution in [0.3, 0.4) is 0 Å². The summed E-state index contributed by atoms with van der Waals surface area (Å²) in [6.07, 6.45) is 3.09. The summed E-state index contributed by atoms with van der Waals surface area (Å²) < 4.78 is 25.0. The van der Waals surface area contributed by atoms with Gasteiger partial charge in [-0.3, -0.25) is 14.2 Å². The van der Waals surface area contributed by atoms with Crippen molar-refractivity contribution in [2.75, 3.05) is 46.6 Å². The first kappa shape index (κ1) is 31.7. The number of morpholine rings is 1. The number of allylic oxidation sites excluding steroid dienone is 1. The molecule has 1 aromatic heterocycles. The van der Waals surface area contributed by atoms with Gasteiger partial charge in [0.15, 0.2) is 11.4 Å². The molecule has 1 amide bonds. The lowest BCUT2D eigenvalue weighted by Gasteiger charge is -2.27. The number of carbonyl (C=O) groups excluding carboxylic acids is 2. The predicted molar refractivity (Wildman–Crippen MR) is 170 cm³/mol. The molecule has 2 aromatic carbocycles. The first-order valence-corrected chi connectivity index (χ1v) is 16.1. The summed E-state index contributed by atoms with van der Waals surface area (Å²) in [5.74, 6) is 0.494. The van der Waals surface area contributed by atoms with E-state index in [0.717, 1.165) is 16.5 Å². The second kappa shape index (κ2) is 14.4. The highest BCUT2D eigenvalue weighted by Gasteiger charge is 2.36. The van der Waals surface area contributed by atoms with Gasteiger partial charge in [-0.1, -0.05) is 52.7 Å². The third-order valence-corrected chi connectivity index (χ3v) is 8.76. The molecule has 0 spiro atoms. The van der Waals surface area contributed by atoms with Gasteiger partial charge in [-0.25, -0.2) is 9.79 Å². The Bertz CT molecular complexity index is 1740. The minimum Gasteiger partial charge on any atom is -0.496 e. The molecular weight excluding hydrogens is 650 g/mol. The molecule has 3 aromatic rings. The number of fused-ring (bicyclic) bond motifs is 1. The van der Waals surface area contributed by atoms with Gasteiger partial charge in [-0.15, -0.1) is 0 Å². The molecule has 2 aliphatic rings. The van der Waals surface area contributed by atoms with Crippen LogP contribution in [0.4, 0.5) is 0 Å². The molecule has 0 unspecified atom stereocenters. The van der Waals surface area contributed by atoms with E-state index in [1.165, 1.54) is 11.3 Å². The summed E-state index contributed by atoms with van der Waals surface area (Å²) in [5, 5.41) is 0. The summed E-state index contributed by atoms with van der Waals surface area (Å²) in [5.41, 5.74) is 2.07. The van der Waals surface area contributed by atoms with E-state index in [1.54, 1.807) is 47.8 Å². The second-order valence-corrected chi connectivity index (χ2v) is 12.1. The lowest BCUT2D eigenvalue weighted by molar-refractivity contribution is -0.139. The maximum atomic E-state index is 14.1. The van der Waals surface area contributed by atoms with Crippen molar-refractivity contribution in [3.63, 3.8) is 0 Å². The van der Waals surface area contributed by atoms with Crippen LogP contribution in [0.2, 0.25) is 0 Å². The maximum Gasteiger partial charge on any atom is 0.338 e. The molecule has 2 aliphatic heterocycles. The molecule has 0 N–H and O–H groups in total. The average Bonchev–Trinajstić information content (AvgIpc) is 3.34. The topological polar surface area (TPSA) is 109 Å². The van der Waals surface area contributed by atoms with Gasteiger partial charge in [0, 0.05) is 23.1 Å². The van der Waals surface area contributed by atoms with Gasteiger partial charge in [0.25, 0.3) is 11.5 Å². The summed E-state index contributed by atoms with van der Waals surface area (Å²) in [6, 6.07) is 11.9. The number of ether oxygens (including phenoxy) is 4. The Labute approximate surface area is 267 Å². The Balaban J connectivity index is 1.52. The molecule has 3 heterocycles. The average molecular weight is 685 g/mol. The number of halogens is 1. The largest absolute Gasteiger partial charge is 0.496 e. The van der Waals surface area contributed by atoms with Crippen LogP contribution in [0.1, 0.15) is 43.9 Å². The van der Waals surface area contributed by atoms with Gasteiger partial charge in [0.1, 0.15) is 17.5 Å². The molecule has 44 heavy (non-hydrogen) atoms. The first-order chi connectivity index (χ1) is 21.3. The van der Waals surface area contributed by atoms with Crippen molar-refractivity contribution in [3.8, 4) is 11.5 Å². The van der Waals surface area contributed by atoms with Gasteiger partial charge >= 0.3 is 5.97 Å². The standard InChI is InChI=1S/C32H34BrN3O7S/c1-4-6-24-28(31(39)42-5-2)29(23-18-21(33)9-12-25(23)40-3)36-30(38)26(44-32(36)34-24)17-20-7-10-22(11-8-20)43-19-27(37)35-13-15-41-16-14-35/h7-12,17-18,29H,4-6,13-16,19H2,1-3H3/b26-17-/t29-/m1/s1. The number of amides is 1. The monoisotopic (exact) mass is 683 g/mol. The number of esters is 1. The number of nitrogens with zero attached hydrogens (tertiary/aromatic N) is 3. The fourth-order valence-electron chi connectivity index (χ4n) is 5.19. The van der Waals surface area contributed by atoms with Crippen molar-refractivity contribution in [1.82, 2.24) is 9.47 Å². The Kier molecular flexibility index (Phi) is 10.3. The van der Waals surface area contributed by atoms with Crippen LogP contribution in [0.15, 0.2) is 68.0 Å². The van der Waals surface area contributed by atoms with E-state index in [4.69, 9.17) is 23.9 Å². The lowest BCUT2D eigenvalue weighted by atomic mass is 9.93. The number of benzene rings is 2. The first-order valence-electron chi connectivity index (χ1n) is 14.5. The van der Waals surface area contributed by atoms with Crippen LogP contribution in [0.25, 0.3) is 6.08 Å². The smallest absolute Gasteiger partial charge is 0.338 e. The van der Waals surface area contributed by atoms with E-state index < -0.39 is 12.0 Å². The third-order valence-electron chi connectivity index (χ3n) is 7.28. The van der Waals surface area contributed by atoms with E-state index in [-0.39, 0.29) is 24.7 Å². The van der Waals surface area contributed by atoms with E-state index in [9.17, 15) is 14.4 Å². The SMILES string of the molecule is CCCC1=C(C(=O)OCC)[C@@H](c2cc(Br)ccc2OC)n2c(s/c(=C\c3ccc(OCC(=O)N4CCOCC4)cc3)c2=O)=N1. The Morgan fingerprint density at radius 2 is 1.89 bits per heavy atom. The van der Waals surface area contributed by atoms with Crippen molar-refractivity contribution < 1.29 is 28.5 Å². The van der Waals surface area contributed by atoms with Crippen LogP contribution >= 0.6 is 27.3 Å². The minimum absolute atomic E-state index is 0.0557. The van der Waals surface area contributed by atoms with Gasteiger partial charge < -0.3 is 23.8 Å². The third kappa shape index (κ3) is 6.82. The van der Waals surface area contributed by atoms with Crippen LogP contribution in [0, 0.1) is 0 Å². The van der Waals surface area contributed by atoms with Gasteiger partial charge in [0.2, 0.25) is 0 Å². The van der Waals surface area contributed by atoms with Crippen LogP contribution < -0.4 is 24.4 Å². The zero-order chi connectivity index (χ0) is 31.2. The van der Waals surface area contributed by atoms with Crippen molar-refractivity contribution in [1.29, 1.82) is 0 Å². The molecule has 12 heteroatoms. The lowest BCUT2D eigenvalue weighted by Crippen LogP contribution is -2.42. The molecule has 1 fully saturated rings. The Morgan fingerprint density at radius 3 is 2.57 bits per heavy atom. The van der Waals surface area contributed by atoms with Crippen molar-refractivity contribution in [2.45, 2.75) is 32.7 Å². The van der Waals surface area contributed by atoms with Crippen LogP contribution in [-0.4, -0.2) is 68.0 Å². The molecule has 0 saturated carbocycles. The zero-order valence-electron chi connectivity index (χ0n) is 24.8. The summed E-state index contributed by atoms with van der Waals surface area (Å²) >= 11 is 4.80. The quantitative estimate of drug-likeness (QED) is 0.301. The minimum atomic E-state index is -0.791. The van der Waals surface area contributed by atoms with E-state index >= 15 is 0 Å². The van der Waals surface area contributed by atoms with Crippen molar-refractivity contribution >= 4 is 45.2 Å². The molecule has 10 nitrogen and oxygen atoms in total. The Hall–Kier alpha value is -3.74. The highest BCUT2D eigenvalue weighted by molar-refractivity contribution is 9.10. The summed E-state index contributed by atoms with van der Waals surface area (Å²) in [4.78, 5) is 46.9. The zero-order valence-corrected chi connectivity index (χ0v) is 27.2. The molecule has 5 rings (SSSR count). The fourth-order valence-corrected chi connectivity index (χ4v) is 6.59. The van der Waals surface area contributed by atoms with Crippen LogP contribution in [-0.2, 0) is 19.1 Å². The number of thiazole rings is 1. The number of hydrogen-bond acceptors (Lipinski definition) is 9. The van der Waals surface area contributed by atoms with Crippen molar-refractivity contribution in [3.05, 3.63) is 89.0 Å². The predicted octanol–water partition coefficient (Wildman–Crippen LogP) is 3.59. The van der Waals surface area contributed by atoms with Gasteiger partial charge in [-0.05, 0) is 55.3 Å². The maximum absolute atomic E-state index is 14.1. The number of rotatable bonds is 10. The molecule has 1 atom stereocenters. The van der Waals surface area contributed by atoms with Gasteiger partial charge in [0.05, 0.1) is 42.7 Å². The van der Waals surface area contributed by atoms with Gasteiger partial charge in [-0.2, -0.15) is 0 Å². The highest BCUT2D eigenvalue weighted by Crippen LogP contribution is 2.38. The Morgan fingerprint density at radius 1 is 1.14 bits per heavy atom. The molecule has 0 radical (unpaired) electrons. The molecule has 232 valence electrons. The number of carbonyl (C=O) groups is 2. The molecular formula is C32H34BrN3O7S. The highest BCUT2D eigenvalue weighted by atomic mass is 79.9. The molecule has 0 bridgehead atoms. The van der Waals surface area contributed by atoms with Crippen molar-refractivity contribution in [2.24, 2.45) is 4.99 Å². The molecule has 0 aliphatic carbocycles. The van der Waals surface area contributed by atoms with Crippen LogP contribution in [0.5, 0.6) is 11.5 Å². The van der Waals surface area contributed by atoms with E-state index in [0.29, 0.717) is 70.4 Å². The molecule has 1 saturated heterocycles. The summed E-state index contributed by atoms with van der Waals surface area (Å²) in [6.45, 7) is 6.10. The number of methoxy groups -OCH3 is 1. The summed E-state index contributed by atoms with van der Waals surface area (Å²) in [7, 11) is 1.56. The van der Waals surface area contributed by atoms with E-state index in [1.807, 2.05) is 31.2 Å². The number of hydrogen-bond donors (Lipinski definition) is 0. The number of aromatic nitrogens is 1.